The largest absolute Gasteiger partial charge is 0.440 e. The maximum absolute atomic E-state index is 9.57. The molecular weight excluding hydrogens is 258 g/mol. The molecule has 2 unspecified atom stereocenters. The van der Waals surface area contributed by atoms with Gasteiger partial charge >= 0.3 is 0 Å². The standard InChI is InChI=1S/C14H21N3OS/c1-11(2)17-14(10-15)6-3-4-12(14)5-9-19-13-16-7-8-18-13/h7-8,11-12,17H,3-6,9H2,1-2H3. The molecule has 0 amide bonds. The van der Waals surface area contributed by atoms with E-state index in [1.165, 1.54) is 0 Å². The van der Waals surface area contributed by atoms with Crippen molar-refractivity contribution in [3.8, 4) is 6.07 Å². The molecule has 1 aromatic heterocycles. The molecule has 2 rings (SSSR count). The van der Waals surface area contributed by atoms with E-state index >= 15 is 0 Å². The Morgan fingerprint density at radius 1 is 1.68 bits per heavy atom. The van der Waals surface area contributed by atoms with Crippen molar-refractivity contribution in [1.82, 2.24) is 10.3 Å². The fraction of sp³-hybridized carbons (Fsp3) is 0.714. The second-order valence-electron chi connectivity index (χ2n) is 5.41. The molecule has 0 bridgehead atoms. The van der Waals surface area contributed by atoms with Crippen molar-refractivity contribution in [2.75, 3.05) is 5.75 Å². The second-order valence-corrected chi connectivity index (χ2v) is 6.45. The predicted molar refractivity (Wildman–Crippen MR) is 75.8 cm³/mol. The molecule has 1 fully saturated rings. The summed E-state index contributed by atoms with van der Waals surface area (Å²) < 4.78 is 5.21. The van der Waals surface area contributed by atoms with E-state index in [1.807, 2.05) is 0 Å². The van der Waals surface area contributed by atoms with Crippen molar-refractivity contribution < 1.29 is 4.42 Å². The number of hydrogen-bond acceptors (Lipinski definition) is 5. The van der Waals surface area contributed by atoms with Crippen LogP contribution in [-0.2, 0) is 0 Å². The Morgan fingerprint density at radius 3 is 3.16 bits per heavy atom. The van der Waals surface area contributed by atoms with Crippen LogP contribution in [0.5, 0.6) is 0 Å². The van der Waals surface area contributed by atoms with E-state index in [0.29, 0.717) is 12.0 Å². The summed E-state index contributed by atoms with van der Waals surface area (Å²) in [5.41, 5.74) is -0.328. The molecule has 2 atom stereocenters. The molecule has 19 heavy (non-hydrogen) atoms. The zero-order valence-electron chi connectivity index (χ0n) is 11.6. The summed E-state index contributed by atoms with van der Waals surface area (Å²) in [6, 6.07) is 2.89. The Hall–Kier alpha value is -0.990. The van der Waals surface area contributed by atoms with E-state index < -0.39 is 0 Å². The Kier molecular flexibility index (Phi) is 4.89. The Morgan fingerprint density at radius 2 is 2.53 bits per heavy atom. The first kappa shape index (κ1) is 14.4. The number of nitrogens with one attached hydrogen (secondary N) is 1. The first-order valence-electron chi connectivity index (χ1n) is 6.87. The molecule has 1 aliphatic rings. The highest BCUT2D eigenvalue weighted by Gasteiger charge is 2.42. The zero-order valence-corrected chi connectivity index (χ0v) is 12.4. The van der Waals surface area contributed by atoms with Crippen molar-refractivity contribution in [3.05, 3.63) is 12.5 Å². The zero-order chi connectivity index (χ0) is 13.7. The summed E-state index contributed by atoms with van der Waals surface area (Å²) in [6.07, 6.45) is 7.53. The van der Waals surface area contributed by atoms with Crippen molar-refractivity contribution in [2.45, 2.75) is 56.3 Å². The van der Waals surface area contributed by atoms with Crippen LogP contribution in [0.25, 0.3) is 0 Å². The topological polar surface area (TPSA) is 61.9 Å². The fourth-order valence-corrected chi connectivity index (χ4v) is 3.76. The van der Waals surface area contributed by atoms with Gasteiger partial charge in [0.15, 0.2) is 0 Å². The highest BCUT2D eigenvalue weighted by atomic mass is 32.2. The van der Waals surface area contributed by atoms with Crippen molar-refractivity contribution >= 4 is 11.8 Å². The second kappa shape index (κ2) is 6.44. The quantitative estimate of drug-likeness (QED) is 0.810. The van der Waals surface area contributed by atoms with Gasteiger partial charge in [-0.2, -0.15) is 5.26 Å². The molecule has 0 radical (unpaired) electrons. The molecule has 1 saturated carbocycles. The van der Waals surface area contributed by atoms with Gasteiger partial charge in [0.05, 0.1) is 12.3 Å². The smallest absolute Gasteiger partial charge is 0.255 e. The molecule has 1 heterocycles. The van der Waals surface area contributed by atoms with Crippen molar-refractivity contribution in [2.24, 2.45) is 5.92 Å². The summed E-state index contributed by atoms with van der Waals surface area (Å²) in [6.45, 7) is 4.21. The Bertz CT molecular complexity index is 426. The third-order valence-electron chi connectivity index (χ3n) is 3.67. The molecule has 0 aromatic carbocycles. The van der Waals surface area contributed by atoms with Gasteiger partial charge in [-0.1, -0.05) is 18.2 Å². The van der Waals surface area contributed by atoms with Crippen LogP contribution in [0.4, 0.5) is 0 Å². The lowest BCUT2D eigenvalue weighted by Crippen LogP contribution is -2.50. The fourth-order valence-electron chi connectivity index (χ4n) is 2.92. The highest BCUT2D eigenvalue weighted by Crippen LogP contribution is 2.39. The SMILES string of the molecule is CC(C)NC1(C#N)CCCC1CCSc1ncco1. The van der Waals surface area contributed by atoms with E-state index in [1.54, 1.807) is 24.2 Å². The van der Waals surface area contributed by atoms with Gasteiger partial charge in [0.2, 0.25) is 0 Å². The number of thioether (sulfide) groups is 1. The number of rotatable bonds is 6. The lowest BCUT2D eigenvalue weighted by Gasteiger charge is -2.31. The Labute approximate surface area is 119 Å². The van der Waals surface area contributed by atoms with Crippen molar-refractivity contribution in [1.29, 1.82) is 5.26 Å². The molecule has 104 valence electrons. The van der Waals surface area contributed by atoms with Crippen LogP contribution in [0.15, 0.2) is 22.1 Å². The van der Waals surface area contributed by atoms with E-state index in [-0.39, 0.29) is 5.54 Å². The number of nitriles is 1. The van der Waals surface area contributed by atoms with Crippen LogP contribution in [0.3, 0.4) is 0 Å². The van der Waals surface area contributed by atoms with Gasteiger partial charge in [-0.05, 0) is 39.0 Å². The van der Waals surface area contributed by atoms with Gasteiger partial charge in [-0.15, -0.1) is 0 Å². The van der Waals surface area contributed by atoms with Gasteiger partial charge in [0.25, 0.3) is 5.22 Å². The van der Waals surface area contributed by atoms with Crippen LogP contribution in [0, 0.1) is 17.2 Å². The minimum atomic E-state index is -0.328. The summed E-state index contributed by atoms with van der Waals surface area (Å²) in [4.78, 5) is 4.10. The lowest BCUT2D eigenvalue weighted by molar-refractivity contribution is 0.289. The molecule has 1 aromatic rings. The van der Waals surface area contributed by atoms with Crippen LogP contribution in [-0.4, -0.2) is 22.3 Å². The maximum atomic E-state index is 9.57. The van der Waals surface area contributed by atoms with Crippen molar-refractivity contribution in [3.63, 3.8) is 0 Å². The molecule has 1 aliphatic carbocycles. The highest BCUT2D eigenvalue weighted by molar-refractivity contribution is 7.99. The molecule has 0 aliphatic heterocycles. The van der Waals surface area contributed by atoms with Crippen LogP contribution >= 0.6 is 11.8 Å². The Balaban J connectivity index is 1.89. The molecule has 5 heteroatoms. The van der Waals surface area contributed by atoms with E-state index in [9.17, 15) is 5.26 Å². The molecule has 4 nitrogen and oxygen atoms in total. The summed E-state index contributed by atoms with van der Waals surface area (Å²) in [5.74, 6) is 1.39. The van der Waals surface area contributed by atoms with Gasteiger partial charge in [-0.3, -0.25) is 5.32 Å². The number of oxazole rings is 1. The monoisotopic (exact) mass is 279 g/mol. The normalized spacial score (nSPS) is 26.7. The maximum Gasteiger partial charge on any atom is 0.255 e. The molecule has 0 saturated heterocycles. The first-order chi connectivity index (χ1) is 9.16. The van der Waals surface area contributed by atoms with Gasteiger partial charge < -0.3 is 4.42 Å². The minimum Gasteiger partial charge on any atom is -0.440 e. The third-order valence-corrected chi connectivity index (χ3v) is 4.56. The summed E-state index contributed by atoms with van der Waals surface area (Å²) in [7, 11) is 0. The molecule has 0 spiro atoms. The summed E-state index contributed by atoms with van der Waals surface area (Å²) in [5, 5.41) is 13.8. The molecule has 1 N–H and O–H groups in total. The predicted octanol–water partition coefficient (Wildman–Crippen LogP) is 3.22. The number of aromatic nitrogens is 1. The van der Waals surface area contributed by atoms with Crippen LogP contribution in [0.1, 0.15) is 39.5 Å². The minimum absolute atomic E-state index is 0.328. The van der Waals surface area contributed by atoms with E-state index in [4.69, 9.17) is 4.42 Å². The number of hydrogen-bond donors (Lipinski definition) is 1. The molecular formula is C14H21N3OS. The van der Waals surface area contributed by atoms with Gasteiger partial charge in [0.1, 0.15) is 11.8 Å². The van der Waals surface area contributed by atoms with Gasteiger partial charge in [0, 0.05) is 11.8 Å². The van der Waals surface area contributed by atoms with E-state index in [0.717, 1.165) is 36.7 Å². The van der Waals surface area contributed by atoms with E-state index in [2.05, 4.69) is 30.2 Å². The van der Waals surface area contributed by atoms with Crippen LogP contribution in [0.2, 0.25) is 0 Å². The lowest BCUT2D eigenvalue weighted by atomic mass is 9.86. The average molecular weight is 279 g/mol. The average Bonchev–Trinajstić information content (AvgIpc) is 3.00. The van der Waals surface area contributed by atoms with Crippen LogP contribution < -0.4 is 5.32 Å². The van der Waals surface area contributed by atoms with Gasteiger partial charge in [-0.25, -0.2) is 4.98 Å². The third kappa shape index (κ3) is 3.52. The first-order valence-corrected chi connectivity index (χ1v) is 7.86. The summed E-state index contributed by atoms with van der Waals surface area (Å²) >= 11 is 1.63. The number of nitrogens with zero attached hydrogens (tertiary/aromatic N) is 2.